The summed E-state index contributed by atoms with van der Waals surface area (Å²) in [5.74, 6) is -1.27. The van der Waals surface area contributed by atoms with Gasteiger partial charge in [0.2, 0.25) is 0 Å². The maximum absolute atomic E-state index is 13.1. The fraction of sp³-hybridized carbons (Fsp3) is 0.320. The van der Waals surface area contributed by atoms with E-state index in [-0.39, 0.29) is 30.3 Å². The standard InChI is InChI=1S/C25H27NO6/c1-5-32-25(30)17-6-10-18(11-7-17)26-22(16-8-12-19(31-4)13-9-16)21(23(28)24(26)29)20(27)14-15(2)3/h6-13,15,22,28H,5,14H2,1-4H3. The average molecular weight is 437 g/mol. The zero-order chi connectivity index (χ0) is 23.4. The zero-order valence-corrected chi connectivity index (χ0v) is 18.6. The number of Topliss-reactive ketones (excluding diaryl/α,β-unsaturated/α-hetero) is 1. The highest BCUT2D eigenvalue weighted by Gasteiger charge is 2.44. The first-order valence-electron chi connectivity index (χ1n) is 10.5. The van der Waals surface area contributed by atoms with E-state index in [9.17, 15) is 19.5 Å². The molecule has 7 heteroatoms. The number of methoxy groups -OCH3 is 1. The van der Waals surface area contributed by atoms with E-state index < -0.39 is 23.7 Å². The molecule has 1 aliphatic heterocycles. The van der Waals surface area contributed by atoms with Crippen molar-refractivity contribution in [2.45, 2.75) is 33.2 Å². The average Bonchev–Trinajstić information content (AvgIpc) is 3.04. The van der Waals surface area contributed by atoms with Gasteiger partial charge in [-0.2, -0.15) is 0 Å². The Labute approximate surface area is 187 Å². The number of ether oxygens (including phenoxy) is 2. The highest BCUT2D eigenvalue weighted by atomic mass is 16.5. The van der Waals surface area contributed by atoms with Crippen molar-refractivity contribution in [2.24, 2.45) is 5.92 Å². The molecule has 0 spiro atoms. The summed E-state index contributed by atoms with van der Waals surface area (Å²) >= 11 is 0. The van der Waals surface area contributed by atoms with Gasteiger partial charge in [-0.05, 0) is 54.8 Å². The summed E-state index contributed by atoms with van der Waals surface area (Å²) in [6.07, 6.45) is 0.203. The molecule has 0 aromatic heterocycles. The number of esters is 1. The van der Waals surface area contributed by atoms with Crippen LogP contribution in [0.25, 0.3) is 0 Å². The molecule has 32 heavy (non-hydrogen) atoms. The Morgan fingerprint density at radius 1 is 1.06 bits per heavy atom. The summed E-state index contributed by atoms with van der Waals surface area (Å²) < 4.78 is 10.2. The fourth-order valence-electron chi connectivity index (χ4n) is 3.71. The van der Waals surface area contributed by atoms with E-state index in [0.717, 1.165) is 0 Å². The zero-order valence-electron chi connectivity index (χ0n) is 18.6. The Balaban J connectivity index is 2.06. The third kappa shape index (κ3) is 4.51. The van der Waals surface area contributed by atoms with Gasteiger partial charge in [0, 0.05) is 12.1 Å². The largest absolute Gasteiger partial charge is 0.503 e. The van der Waals surface area contributed by atoms with Gasteiger partial charge in [-0.3, -0.25) is 14.5 Å². The molecule has 1 N–H and O–H groups in total. The fourth-order valence-corrected chi connectivity index (χ4v) is 3.71. The molecule has 1 amide bonds. The molecule has 1 aliphatic rings. The van der Waals surface area contributed by atoms with Crippen LogP contribution < -0.4 is 9.64 Å². The highest BCUT2D eigenvalue weighted by Crippen LogP contribution is 2.42. The first kappa shape index (κ1) is 23.1. The van der Waals surface area contributed by atoms with Crippen LogP contribution in [0.5, 0.6) is 5.75 Å². The number of amides is 1. The molecule has 1 unspecified atom stereocenters. The van der Waals surface area contributed by atoms with Gasteiger partial charge in [0.15, 0.2) is 11.5 Å². The van der Waals surface area contributed by atoms with Crippen molar-refractivity contribution in [1.82, 2.24) is 0 Å². The molecule has 2 aromatic rings. The Kier molecular flexibility index (Phi) is 6.98. The van der Waals surface area contributed by atoms with Crippen LogP contribution in [0.15, 0.2) is 59.9 Å². The number of rotatable bonds is 8. The smallest absolute Gasteiger partial charge is 0.338 e. The number of hydrogen-bond donors (Lipinski definition) is 1. The SMILES string of the molecule is CCOC(=O)c1ccc(N2C(=O)C(O)=C(C(=O)CC(C)C)C2c2ccc(OC)cc2)cc1. The minimum Gasteiger partial charge on any atom is -0.503 e. The van der Waals surface area contributed by atoms with Crippen LogP contribution in [0.2, 0.25) is 0 Å². The Morgan fingerprint density at radius 2 is 1.69 bits per heavy atom. The van der Waals surface area contributed by atoms with Crippen molar-refractivity contribution in [3.8, 4) is 5.75 Å². The van der Waals surface area contributed by atoms with Crippen LogP contribution in [0.1, 0.15) is 49.2 Å². The van der Waals surface area contributed by atoms with E-state index >= 15 is 0 Å². The molecule has 0 saturated carbocycles. The third-order valence-corrected chi connectivity index (χ3v) is 5.19. The summed E-state index contributed by atoms with van der Waals surface area (Å²) in [6, 6.07) is 12.5. The monoisotopic (exact) mass is 437 g/mol. The molecule has 1 heterocycles. The molecule has 2 aromatic carbocycles. The molecular weight excluding hydrogens is 410 g/mol. The molecule has 0 fully saturated rings. The van der Waals surface area contributed by atoms with Crippen LogP contribution in [-0.2, 0) is 14.3 Å². The maximum atomic E-state index is 13.1. The second kappa shape index (κ2) is 9.68. The van der Waals surface area contributed by atoms with Crippen LogP contribution >= 0.6 is 0 Å². The van der Waals surface area contributed by atoms with Gasteiger partial charge in [0.1, 0.15) is 5.75 Å². The Hall–Kier alpha value is -3.61. The van der Waals surface area contributed by atoms with Crippen molar-refractivity contribution in [3.05, 3.63) is 71.0 Å². The Bertz CT molecular complexity index is 1040. The molecular formula is C25H27NO6. The second-order valence-corrected chi connectivity index (χ2v) is 7.90. The predicted octanol–water partition coefficient (Wildman–Crippen LogP) is 4.39. The summed E-state index contributed by atoms with van der Waals surface area (Å²) in [5.41, 5.74) is 1.52. The van der Waals surface area contributed by atoms with Crippen molar-refractivity contribution in [1.29, 1.82) is 0 Å². The molecule has 1 atom stereocenters. The van der Waals surface area contributed by atoms with Gasteiger partial charge >= 0.3 is 5.97 Å². The maximum Gasteiger partial charge on any atom is 0.338 e. The van der Waals surface area contributed by atoms with Crippen molar-refractivity contribution in [2.75, 3.05) is 18.6 Å². The number of carbonyl (C=O) groups excluding carboxylic acids is 3. The quantitative estimate of drug-likeness (QED) is 0.616. The van der Waals surface area contributed by atoms with Crippen LogP contribution in [0.3, 0.4) is 0 Å². The number of ketones is 1. The minimum absolute atomic E-state index is 0.0623. The number of carbonyl (C=O) groups is 3. The van der Waals surface area contributed by atoms with Crippen LogP contribution in [0.4, 0.5) is 5.69 Å². The van der Waals surface area contributed by atoms with E-state index in [4.69, 9.17) is 9.47 Å². The lowest BCUT2D eigenvalue weighted by molar-refractivity contribution is -0.118. The van der Waals surface area contributed by atoms with Crippen molar-refractivity contribution >= 4 is 23.3 Å². The minimum atomic E-state index is -0.798. The van der Waals surface area contributed by atoms with E-state index in [1.165, 1.54) is 4.90 Å². The highest BCUT2D eigenvalue weighted by molar-refractivity contribution is 6.16. The first-order chi connectivity index (χ1) is 15.3. The molecule has 3 rings (SSSR count). The number of benzene rings is 2. The topological polar surface area (TPSA) is 93.1 Å². The molecule has 0 aliphatic carbocycles. The van der Waals surface area contributed by atoms with Gasteiger partial charge in [-0.25, -0.2) is 4.79 Å². The van der Waals surface area contributed by atoms with E-state index in [2.05, 4.69) is 0 Å². The lowest BCUT2D eigenvalue weighted by Gasteiger charge is -2.27. The molecule has 0 saturated heterocycles. The van der Waals surface area contributed by atoms with Gasteiger partial charge < -0.3 is 14.6 Å². The first-order valence-corrected chi connectivity index (χ1v) is 10.5. The normalized spacial score (nSPS) is 16.0. The summed E-state index contributed by atoms with van der Waals surface area (Å²) in [5, 5.41) is 10.7. The van der Waals surface area contributed by atoms with E-state index in [1.54, 1.807) is 62.6 Å². The third-order valence-electron chi connectivity index (χ3n) is 5.19. The number of aliphatic hydroxyl groups is 1. The molecule has 0 radical (unpaired) electrons. The van der Waals surface area contributed by atoms with Gasteiger partial charge in [0.05, 0.1) is 30.9 Å². The lowest BCUT2D eigenvalue weighted by Crippen LogP contribution is -2.31. The van der Waals surface area contributed by atoms with E-state index in [0.29, 0.717) is 22.6 Å². The summed E-state index contributed by atoms with van der Waals surface area (Å²) in [7, 11) is 1.55. The van der Waals surface area contributed by atoms with E-state index in [1.807, 2.05) is 13.8 Å². The molecule has 0 bridgehead atoms. The number of hydrogen-bond acceptors (Lipinski definition) is 6. The van der Waals surface area contributed by atoms with Crippen LogP contribution in [-0.4, -0.2) is 36.5 Å². The van der Waals surface area contributed by atoms with Gasteiger partial charge in [-0.1, -0.05) is 26.0 Å². The lowest BCUT2D eigenvalue weighted by atomic mass is 9.92. The molecule has 7 nitrogen and oxygen atoms in total. The number of nitrogens with zero attached hydrogens (tertiary/aromatic N) is 1. The Morgan fingerprint density at radius 3 is 2.22 bits per heavy atom. The van der Waals surface area contributed by atoms with Gasteiger partial charge in [-0.15, -0.1) is 0 Å². The second-order valence-electron chi connectivity index (χ2n) is 7.90. The van der Waals surface area contributed by atoms with Crippen LogP contribution in [0, 0.1) is 5.92 Å². The van der Waals surface area contributed by atoms with Crippen molar-refractivity contribution < 1.29 is 29.0 Å². The number of anilines is 1. The number of aliphatic hydroxyl groups excluding tert-OH is 1. The molecule has 168 valence electrons. The van der Waals surface area contributed by atoms with Gasteiger partial charge in [0.25, 0.3) is 5.91 Å². The van der Waals surface area contributed by atoms with Crippen molar-refractivity contribution in [3.63, 3.8) is 0 Å². The summed E-state index contributed by atoms with van der Waals surface area (Å²) in [4.78, 5) is 39.5. The summed E-state index contributed by atoms with van der Waals surface area (Å²) in [6.45, 7) is 5.78. The predicted molar refractivity (Wildman–Crippen MR) is 120 cm³/mol.